The first-order chi connectivity index (χ1) is 31.3. The molecule has 2 heteroatoms. The summed E-state index contributed by atoms with van der Waals surface area (Å²) in [5, 5.41) is 2.22. The third-order valence-corrected chi connectivity index (χ3v) is 13.5. The molecule has 63 heavy (non-hydrogen) atoms. The number of nitrogens with zero attached hydrogens (tertiary/aromatic N) is 1. The van der Waals surface area contributed by atoms with E-state index < -0.39 is 5.41 Å². The van der Waals surface area contributed by atoms with Gasteiger partial charge in [0.25, 0.3) is 0 Å². The fourth-order valence-corrected chi connectivity index (χ4v) is 10.8. The smallest absolute Gasteiger partial charge is 0.159 e. The summed E-state index contributed by atoms with van der Waals surface area (Å²) in [5.41, 5.74) is 21.5. The fraction of sp³-hybridized carbons (Fsp3) is 0.0164. The predicted molar refractivity (Wildman–Crippen MR) is 261 cm³/mol. The van der Waals surface area contributed by atoms with E-state index in [4.69, 9.17) is 4.42 Å². The molecule has 0 radical (unpaired) electrons. The summed E-state index contributed by atoms with van der Waals surface area (Å²) in [6.45, 7) is 0. The van der Waals surface area contributed by atoms with E-state index >= 15 is 0 Å². The molecule has 0 bridgehead atoms. The van der Waals surface area contributed by atoms with Crippen LogP contribution in [0.5, 0.6) is 0 Å². The number of para-hydroxylation sites is 2. The molecule has 1 aliphatic carbocycles. The molecule has 1 spiro atoms. The Morgan fingerprint density at radius 2 is 0.746 bits per heavy atom. The van der Waals surface area contributed by atoms with Gasteiger partial charge in [-0.05, 0) is 114 Å². The first-order valence-electron chi connectivity index (χ1n) is 21.8. The molecule has 0 unspecified atom stereocenters. The number of rotatable bonds is 5. The molecule has 13 rings (SSSR count). The van der Waals surface area contributed by atoms with Crippen LogP contribution in [0, 0.1) is 0 Å². The van der Waals surface area contributed by atoms with E-state index in [1.165, 1.54) is 77.9 Å². The standard InChI is InChI=1S/C61H39NO/c1-3-16-40(17-4-1)41-30-32-42(33-31-41)44-34-36-56-54(38-44)61(52-26-12-9-22-48(52)49-23-10-13-27-53(49)61)55-39-45(47-21-8-7-20-46(47)43-18-5-2-6-19-43)35-37-57(55)62(56)58-28-15-25-51-50-24-11-14-29-59(50)63-60(51)58/h1-39H. The van der Waals surface area contributed by atoms with E-state index in [9.17, 15) is 0 Å². The van der Waals surface area contributed by atoms with Gasteiger partial charge in [-0.15, -0.1) is 0 Å². The summed E-state index contributed by atoms with van der Waals surface area (Å²) < 4.78 is 6.85. The van der Waals surface area contributed by atoms with Crippen molar-refractivity contribution in [2.24, 2.45) is 0 Å². The molecular formula is C61H39NO. The van der Waals surface area contributed by atoms with Crippen molar-refractivity contribution in [2.75, 3.05) is 4.90 Å². The second kappa shape index (κ2) is 13.9. The van der Waals surface area contributed by atoms with E-state index in [2.05, 4.69) is 241 Å². The number of fused-ring (bicyclic) bond motifs is 12. The average molecular weight is 802 g/mol. The molecular weight excluding hydrogens is 763 g/mol. The highest BCUT2D eigenvalue weighted by Gasteiger charge is 2.52. The second-order valence-electron chi connectivity index (χ2n) is 16.7. The minimum atomic E-state index is -0.645. The van der Waals surface area contributed by atoms with E-state index in [1.807, 2.05) is 0 Å². The van der Waals surface area contributed by atoms with Crippen LogP contribution >= 0.6 is 0 Å². The molecule has 0 fully saturated rings. The van der Waals surface area contributed by atoms with Crippen molar-refractivity contribution < 1.29 is 4.42 Å². The molecule has 1 aromatic heterocycles. The first-order valence-corrected chi connectivity index (χ1v) is 21.8. The van der Waals surface area contributed by atoms with Crippen LogP contribution in [0.2, 0.25) is 0 Å². The highest BCUT2D eigenvalue weighted by molar-refractivity contribution is 6.11. The predicted octanol–water partition coefficient (Wildman–Crippen LogP) is 16.4. The SMILES string of the molecule is c1ccc(-c2ccc(-c3ccc4c(c3)C3(c5ccccc5-c5ccccc53)c3cc(-c5ccccc5-c5ccccc5)ccc3N4c3cccc4c3oc3ccccc34)cc2)cc1. The maximum Gasteiger partial charge on any atom is 0.159 e. The Bertz CT molecular complexity index is 3520. The van der Waals surface area contributed by atoms with Crippen molar-refractivity contribution in [3.63, 3.8) is 0 Å². The van der Waals surface area contributed by atoms with E-state index in [-0.39, 0.29) is 0 Å². The second-order valence-corrected chi connectivity index (χ2v) is 16.7. The number of benzene rings is 10. The van der Waals surface area contributed by atoms with Crippen molar-refractivity contribution in [2.45, 2.75) is 5.41 Å². The van der Waals surface area contributed by atoms with Crippen LogP contribution in [-0.2, 0) is 5.41 Å². The normalized spacial score (nSPS) is 13.2. The van der Waals surface area contributed by atoms with Crippen LogP contribution in [0.4, 0.5) is 17.1 Å². The van der Waals surface area contributed by atoms with Crippen LogP contribution in [0.15, 0.2) is 241 Å². The summed E-state index contributed by atoms with van der Waals surface area (Å²) in [6.07, 6.45) is 0. The lowest BCUT2D eigenvalue weighted by Crippen LogP contribution is -2.36. The molecule has 0 N–H and O–H groups in total. The molecule has 0 atom stereocenters. The molecule has 0 amide bonds. The maximum absolute atomic E-state index is 6.85. The van der Waals surface area contributed by atoms with Crippen molar-refractivity contribution >= 4 is 39.0 Å². The number of anilines is 3. The number of furan rings is 1. The summed E-state index contributed by atoms with van der Waals surface area (Å²) in [6, 6.07) is 86.7. The first kappa shape index (κ1) is 35.5. The Kier molecular flexibility index (Phi) is 7.85. The van der Waals surface area contributed by atoms with E-state index in [0.717, 1.165) is 39.0 Å². The quantitative estimate of drug-likeness (QED) is 0.172. The van der Waals surface area contributed by atoms with Gasteiger partial charge in [-0.1, -0.05) is 200 Å². The molecule has 10 aromatic carbocycles. The molecule has 294 valence electrons. The lowest BCUT2D eigenvalue weighted by Gasteiger charge is -2.45. The minimum Gasteiger partial charge on any atom is -0.454 e. The van der Waals surface area contributed by atoms with Gasteiger partial charge in [0.15, 0.2) is 5.58 Å². The largest absolute Gasteiger partial charge is 0.454 e. The zero-order chi connectivity index (χ0) is 41.5. The summed E-state index contributed by atoms with van der Waals surface area (Å²) >= 11 is 0. The van der Waals surface area contributed by atoms with Gasteiger partial charge in [-0.3, -0.25) is 0 Å². The summed E-state index contributed by atoms with van der Waals surface area (Å²) in [7, 11) is 0. The van der Waals surface area contributed by atoms with Crippen molar-refractivity contribution in [3.8, 4) is 55.6 Å². The molecule has 2 aliphatic rings. The Labute approximate surface area is 366 Å². The monoisotopic (exact) mass is 801 g/mol. The Balaban J connectivity index is 1.13. The van der Waals surface area contributed by atoms with Gasteiger partial charge in [0.05, 0.1) is 22.5 Å². The van der Waals surface area contributed by atoms with E-state index in [0.29, 0.717) is 0 Å². The van der Waals surface area contributed by atoms with Gasteiger partial charge in [0, 0.05) is 10.8 Å². The highest BCUT2D eigenvalue weighted by Crippen LogP contribution is 2.64. The summed E-state index contributed by atoms with van der Waals surface area (Å²) in [4.78, 5) is 2.47. The third-order valence-electron chi connectivity index (χ3n) is 13.5. The van der Waals surface area contributed by atoms with Crippen molar-refractivity contribution in [1.29, 1.82) is 0 Å². The lowest BCUT2D eigenvalue weighted by atomic mass is 9.64. The minimum absolute atomic E-state index is 0.645. The van der Waals surface area contributed by atoms with Gasteiger partial charge in [0.2, 0.25) is 0 Å². The molecule has 1 aliphatic heterocycles. The Morgan fingerprint density at radius 3 is 1.41 bits per heavy atom. The van der Waals surface area contributed by atoms with Crippen LogP contribution < -0.4 is 4.90 Å². The molecule has 2 nitrogen and oxygen atoms in total. The van der Waals surface area contributed by atoms with Crippen LogP contribution in [-0.4, -0.2) is 0 Å². The molecule has 0 saturated heterocycles. The lowest BCUT2D eigenvalue weighted by molar-refractivity contribution is 0.668. The topological polar surface area (TPSA) is 16.4 Å². The highest BCUT2D eigenvalue weighted by atomic mass is 16.3. The average Bonchev–Trinajstić information content (AvgIpc) is 3.89. The van der Waals surface area contributed by atoms with E-state index in [1.54, 1.807) is 0 Å². The zero-order valence-corrected chi connectivity index (χ0v) is 34.4. The molecule has 2 heterocycles. The van der Waals surface area contributed by atoms with Crippen LogP contribution in [0.3, 0.4) is 0 Å². The van der Waals surface area contributed by atoms with Crippen molar-refractivity contribution in [1.82, 2.24) is 0 Å². The fourth-order valence-electron chi connectivity index (χ4n) is 10.8. The Morgan fingerprint density at radius 1 is 0.286 bits per heavy atom. The maximum atomic E-state index is 6.85. The van der Waals surface area contributed by atoms with Gasteiger partial charge < -0.3 is 9.32 Å². The molecule has 11 aromatic rings. The van der Waals surface area contributed by atoms with Crippen LogP contribution in [0.1, 0.15) is 22.3 Å². The van der Waals surface area contributed by atoms with Gasteiger partial charge in [0.1, 0.15) is 5.58 Å². The van der Waals surface area contributed by atoms with Gasteiger partial charge >= 0.3 is 0 Å². The van der Waals surface area contributed by atoms with Crippen molar-refractivity contribution in [3.05, 3.63) is 259 Å². The molecule has 0 saturated carbocycles. The van der Waals surface area contributed by atoms with Crippen LogP contribution in [0.25, 0.3) is 77.6 Å². The third kappa shape index (κ3) is 5.25. The Hall–Kier alpha value is -8.20. The zero-order valence-electron chi connectivity index (χ0n) is 34.4. The van der Waals surface area contributed by atoms with Gasteiger partial charge in [-0.2, -0.15) is 0 Å². The number of hydrogen-bond acceptors (Lipinski definition) is 2. The van der Waals surface area contributed by atoms with Gasteiger partial charge in [-0.25, -0.2) is 0 Å². The summed E-state index contributed by atoms with van der Waals surface area (Å²) in [5.74, 6) is 0. The number of hydrogen-bond donors (Lipinski definition) is 0.